The summed E-state index contributed by atoms with van der Waals surface area (Å²) in [5, 5.41) is 3.40. The highest BCUT2D eigenvalue weighted by Gasteiger charge is 2.68. The van der Waals surface area contributed by atoms with Gasteiger partial charge in [0.25, 0.3) is 0 Å². The van der Waals surface area contributed by atoms with Crippen LogP contribution in [0.1, 0.15) is 35.3 Å². The van der Waals surface area contributed by atoms with Gasteiger partial charge in [0.2, 0.25) is 11.8 Å². The van der Waals surface area contributed by atoms with Crippen LogP contribution in [0, 0.1) is 11.8 Å². The topological polar surface area (TPSA) is 96.0 Å². The number of amides is 2. The largest absolute Gasteiger partial charge is 0.468 e. The number of ketones is 1. The van der Waals surface area contributed by atoms with Gasteiger partial charge in [-0.2, -0.15) is 11.8 Å². The molecule has 36 heavy (non-hydrogen) atoms. The van der Waals surface area contributed by atoms with Crippen molar-refractivity contribution in [1.82, 2.24) is 5.32 Å². The molecular formula is C27H31N3O5S. The standard InChI is InChI=1S/C27H31N3O5S/c1-16(31)18-7-6-8-20(15-18)30-24(32)21-22(25(30)33)27(13-14-36-5,26(34)35-4)28-23(21)17-9-11-19(12-10-17)29(2)3/h6-12,15,21-23,28H,13-14H2,1-5H3/t21-,22-,23+,27+/m0/s1. The summed E-state index contributed by atoms with van der Waals surface area (Å²) in [7, 11) is 5.18. The van der Waals surface area contributed by atoms with Gasteiger partial charge in [0, 0.05) is 31.4 Å². The second-order valence-corrected chi connectivity index (χ2v) is 10.4. The maximum Gasteiger partial charge on any atom is 0.326 e. The third-order valence-corrected chi connectivity index (χ3v) is 7.80. The van der Waals surface area contributed by atoms with Crippen LogP contribution in [0.5, 0.6) is 0 Å². The van der Waals surface area contributed by atoms with Crippen LogP contribution in [-0.2, 0) is 19.1 Å². The van der Waals surface area contributed by atoms with E-state index in [0.29, 0.717) is 23.4 Å². The zero-order valence-corrected chi connectivity index (χ0v) is 21.9. The normalized spacial score (nSPS) is 25.1. The molecule has 2 aromatic rings. The average Bonchev–Trinajstić information content (AvgIpc) is 3.36. The number of thioether (sulfide) groups is 1. The number of hydrogen-bond donors (Lipinski definition) is 1. The second-order valence-electron chi connectivity index (χ2n) is 9.44. The Morgan fingerprint density at radius 1 is 1.11 bits per heavy atom. The number of hydrogen-bond acceptors (Lipinski definition) is 8. The molecule has 0 unspecified atom stereocenters. The number of esters is 1. The van der Waals surface area contributed by atoms with E-state index < -0.39 is 41.2 Å². The number of rotatable bonds is 8. The van der Waals surface area contributed by atoms with E-state index in [1.54, 1.807) is 36.0 Å². The molecule has 8 nitrogen and oxygen atoms in total. The maximum atomic E-state index is 14.0. The number of carbonyl (C=O) groups is 4. The van der Waals surface area contributed by atoms with E-state index >= 15 is 0 Å². The molecule has 0 aromatic heterocycles. The number of nitrogens with one attached hydrogen (secondary N) is 1. The highest BCUT2D eigenvalue weighted by Crippen LogP contribution is 2.51. The summed E-state index contributed by atoms with van der Waals surface area (Å²) in [5.41, 5.74) is 1.18. The summed E-state index contributed by atoms with van der Waals surface area (Å²) < 4.78 is 5.21. The summed E-state index contributed by atoms with van der Waals surface area (Å²) in [5.74, 6) is -2.72. The van der Waals surface area contributed by atoms with Gasteiger partial charge < -0.3 is 9.64 Å². The van der Waals surface area contributed by atoms with Gasteiger partial charge in [-0.15, -0.1) is 0 Å². The summed E-state index contributed by atoms with van der Waals surface area (Å²) in [6.07, 6.45) is 2.25. The Bertz CT molecular complexity index is 1200. The summed E-state index contributed by atoms with van der Waals surface area (Å²) in [6, 6.07) is 13.6. The Balaban J connectivity index is 1.84. The van der Waals surface area contributed by atoms with E-state index in [1.807, 2.05) is 49.5 Å². The Morgan fingerprint density at radius 3 is 2.39 bits per heavy atom. The van der Waals surface area contributed by atoms with E-state index in [-0.39, 0.29) is 5.78 Å². The lowest BCUT2D eigenvalue weighted by atomic mass is 9.78. The Morgan fingerprint density at radius 2 is 1.81 bits per heavy atom. The van der Waals surface area contributed by atoms with Gasteiger partial charge >= 0.3 is 5.97 Å². The number of fused-ring (bicyclic) bond motifs is 1. The van der Waals surface area contributed by atoms with Crippen molar-refractivity contribution in [3.05, 3.63) is 59.7 Å². The minimum Gasteiger partial charge on any atom is -0.468 e. The molecule has 0 saturated carbocycles. The predicted molar refractivity (Wildman–Crippen MR) is 140 cm³/mol. The third kappa shape index (κ3) is 4.20. The van der Waals surface area contributed by atoms with Crippen LogP contribution in [0.2, 0.25) is 0 Å². The zero-order valence-electron chi connectivity index (χ0n) is 21.1. The van der Waals surface area contributed by atoms with Crippen LogP contribution in [0.3, 0.4) is 0 Å². The molecular weight excluding hydrogens is 478 g/mol. The summed E-state index contributed by atoms with van der Waals surface area (Å²) in [4.78, 5) is 56.3. The lowest BCUT2D eigenvalue weighted by molar-refractivity contribution is -0.152. The number of nitrogens with zero attached hydrogens (tertiary/aromatic N) is 2. The van der Waals surface area contributed by atoms with Crippen molar-refractivity contribution in [1.29, 1.82) is 0 Å². The fourth-order valence-electron chi connectivity index (χ4n) is 5.35. The highest BCUT2D eigenvalue weighted by molar-refractivity contribution is 7.98. The summed E-state index contributed by atoms with van der Waals surface area (Å²) in [6.45, 7) is 1.43. The van der Waals surface area contributed by atoms with Crippen molar-refractivity contribution in [2.75, 3.05) is 43.0 Å². The van der Waals surface area contributed by atoms with Gasteiger partial charge in [-0.25, -0.2) is 4.90 Å². The molecule has 4 atom stereocenters. The van der Waals surface area contributed by atoms with E-state index in [1.165, 1.54) is 14.0 Å². The SMILES string of the molecule is COC(=O)[C@]1(CCSC)N[C@H](c2ccc(N(C)C)cc2)[C@H]2C(=O)N(c3cccc(C(C)=O)c3)C(=O)[C@H]21. The van der Waals surface area contributed by atoms with Crippen molar-refractivity contribution in [2.24, 2.45) is 11.8 Å². The Kier molecular flexibility index (Phi) is 7.24. The Hall–Kier alpha value is -3.17. The van der Waals surface area contributed by atoms with E-state index in [9.17, 15) is 19.2 Å². The van der Waals surface area contributed by atoms with E-state index in [4.69, 9.17) is 4.74 Å². The van der Waals surface area contributed by atoms with Crippen molar-refractivity contribution >= 4 is 46.7 Å². The summed E-state index contributed by atoms with van der Waals surface area (Å²) >= 11 is 1.56. The molecule has 2 aromatic carbocycles. The lowest BCUT2D eigenvalue weighted by Crippen LogP contribution is -2.56. The molecule has 0 bridgehead atoms. The fraction of sp³-hybridized carbons (Fsp3) is 0.407. The van der Waals surface area contributed by atoms with Crippen LogP contribution in [0.25, 0.3) is 0 Å². The number of imide groups is 1. The first-order chi connectivity index (χ1) is 17.2. The number of methoxy groups -OCH3 is 1. The third-order valence-electron chi connectivity index (χ3n) is 7.18. The van der Waals surface area contributed by atoms with Gasteiger partial charge in [-0.3, -0.25) is 24.5 Å². The fourth-order valence-corrected chi connectivity index (χ4v) is 5.88. The molecule has 2 fully saturated rings. The van der Waals surface area contributed by atoms with Crippen LogP contribution in [0.15, 0.2) is 48.5 Å². The molecule has 1 N–H and O–H groups in total. The molecule has 2 amide bonds. The number of benzene rings is 2. The van der Waals surface area contributed by atoms with Crippen LogP contribution in [-0.4, -0.2) is 62.3 Å². The van der Waals surface area contributed by atoms with Crippen LogP contribution >= 0.6 is 11.8 Å². The average molecular weight is 510 g/mol. The molecule has 190 valence electrons. The molecule has 0 aliphatic carbocycles. The van der Waals surface area contributed by atoms with Crippen molar-refractivity contribution in [2.45, 2.75) is 24.9 Å². The van der Waals surface area contributed by atoms with E-state index in [2.05, 4.69) is 5.32 Å². The van der Waals surface area contributed by atoms with Gasteiger partial charge in [0.05, 0.1) is 24.6 Å². The molecule has 2 heterocycles. The molecule has 0 radical (unpaired) electrons. The van der Waals surface area contributed by atoms with Crippen molar-refractivity contribution < 1.29 is 23.9 Å². The quantitative estimate of drug-likeness (QED) is 0.330. The molecule has 2 aliphatic rings. The maximum absolute atomic E-state index is 14.0. The first-order valence-electron chi connectivity index (χ1n) is 11.8. The Labute approximate surface area is 215 Å². The zero-order chi connectivity index (χ0) is 26.2. The van der Waals surface area contributed by atoms with E-state index in [0.717, 1.165) is 16.2 Å². The molecule has 4 rings (SSSR count). The monoisotopic (exact) mass is 509 g/mol. The highest BCUT2D eigenvalue weighted by atomic mass is 32.2. The number of Topliss-reactive ketones (excluding diaryl/α,β-unsaturated/α-hetero) is 1. The minimum atomic E-state index is -1.35. The van der Waals surface area contributed by atoms with Crippen molar-refractivity contribution in [3.63, 3.8) is 0 Å². The van der Waals surface area contributed by atoms with Crippen molar-refractivity contribution in [3.8, 4) is 0 Å². The smallest absolute Gasteiger partial charge is 0.326 e. The second kappa shape index (κ2) is 10.1. The predicted octanol–water partition coefficient (Wildman–Crippen LogP) is 3.07. The van der Waals surface area contributed by atoms with Crippen LogP contribution in [0.4, 0.5) is 11.4 Å². The van der Waals surface area contributed by atoms with Gasteiger partial charge in [-0.1, -0.05) is 24.3 Å². The molecule has 2 saturated heterocycles. The van der Waals surface area contributed by atoms with Gasteiger partial charge in [0.1, 0.15) is 5.54 Å². The molecule has 9 heteroatoms. The number of ether oxygens (including phenoxy) is 1. The lowest BCUT2D eigenvalue weighted by Gasteiger charge is -2.32. The van der Waals surface area contributed by atoms with Gasteiger partial charge in [-0.05, 0) is 55.2 Å². The van der Waals surface area contributed by atoms with Crippen LogP contribution < -0.4 is 15.1 Å². The molecule has 2 aliphatic heterocycles. The number of carbonyl (C=O) groups excluding carboxylic acids is 4. The minimum absolute atomic E-state index is 0.166. The first kappa shape index (κ1) is 25.9. The van der Waals surface area contributed by atoms with Gasteiger partial charge in [0.15, 0.2) is 5.78 Å². The molecule has 0 spiro atoms. The number of anilines is 2. The first-order valence-corrected chi connectivity index (χ1v) is 13.2.